The molecule has 5 nitrogen and oxygen atoms in total. The minimum Gasteiger partial charge on any atom is -0.496 e. The lowest BCUT2D eigenvalue weighted by Gasteiger charge is -2.11. The van der Waals surface area contributed by atoms with E-state index in [1.165, 1.54) is 11.8 Å². The number of benzene rings is 2. The molecular formula is C22H18N2O3. The van der Waals surface area contributed by atoms with E-state index in [9.17, 15) is 4.79 Å². The summed E-state index contributed by atoms with van der Waals surface area (Å²) in [5.74, 6) is 0.655. The first kappa shape index (κ1) is 16.8. The average Bonchev–Trinajstić information content (AvgIpc) is 3.23. The van der Waals surface area contributed by atoms with Crippen LogP contribution in [0.15, 0.2) is 71.3 Å². The second kappa shape index (κ2) is 6.96. The van der Waals surface area contributed by atoms with Crippen LogP contribution in [0, 0.1) is 6.92 Å². The number of pyridine rings is 1. The number of amides is 1. The summed E-state index contributed by atoms with van der Waals surface area (Å²) < 4.78 is 10.7. The summed E-state index contributed by atoms with van der Waals surface area (Å²) in [5.41, 5.74) is 4.50. The van der Waals surface area contributed by atoms with Gasteiger partial charge in [-0.05, 0) is 37.3 Å². The topological polar surface area (TPSA) is 64.4 Å². The highest BCUT2D eigenvalue weighted by atomic mass is 16.5. The molecule has 4 rings (SSSR count). The molecule has 1 amide bonds. The molecule has 0 saturated carbocycles. The zero-order valence-electron chi connectivity index (χ0n) is 15.0. The minimum absolute atomic E-state index is 0.259. The highest BCUT2D eigenvalue weighted by molar-refractivity contribution is 6.03. The fourth-order valence-corrected chi connectivity index (χ4v) is 2.91. The van der Waals surface area contributed by atoms with Gasteiger partial charge in [0.05, 0.1) is 24.6 Å². The van der Waals surface area contributed by atoms with Crippen LogP contribution in [0.1, 0.15) is 16.1 Å². The zero-order valence-corrected chi connectivity index (χ0v) is 15.0. The number of rotatable bonds is 4. The minimum atomic E-state index is -0.303. The van der Waals surface area contributed by atoms with Gasteiger partial charge in [0.25, 0.3) is 5.91 Å². The van der Waals surface area contributed by atoms with Gasteiger partial charge in [-0.2, -0.15) is 0 Å². The van der Waals surface area contributed by atoms with Gasteiger partial charge in [0, 0.05) is 22.7 Å². The van der Waals surface area contributed by atoms with Crippen molar-refractivity contribution in [3.05, 3.63) is 78.3 Å². The lowest BCUT2D eigenvalue weighted by Crippen LogP contribution is -2.10. The van der Waals surface area contributed by atoms with Crippen LogP contribution >= 0.6 is 0 Å². The zero-order chi connectivity index (χ0) is 18.8. The maximum atomic E-state index is 12.2. The molecule has 0 bridgehead atoms. The molecule has 2 heterocycles. The molecule has 0 unspecified atom stereocenters. The summed E-state index contributed by atoms with van der Waals surface area (Å²) in [7, 11) is 1.63. The van der Waals surface area contributed by atoms with E-state index in [2.05, 4.69) is 24.4 Å². The molecular weight excluding hydrogens is 340 g/mol. The average molecular weight is 358 g/mol. The van der Waals surface area contributed by atoms with E-state index in [0.29, 0.717) is 11.4 Å². The first-order valence-corrected chi connectivity index (χ1v) is 8.55. The lowest BCUT2D eigenvalue weighted by atomic mass is 10.1. The number of ether oxygens (including phenoxy) is 1. The van der Waals surface area contributed by atoms with Gasteiger partial charge < -0.3 is 14.5 Å². The smallest absolute Gasteiger partial charge is 0.291 e. The number of carbonyl (C=O) groups is 1. The number of methoxy groups -OCH3 is 1. The van der Waals surface area contributed by atoms with Crippen LogP contribution in [0.2, 0.25) is 0 Å². The Balaban J connectivity index is 1.72. The van der Waals surface area contributed by atoms with Crippen molar-refractivity contribution in [3.63, 3.8) is 0 Å². The van der Waals surface area contributed by atoms with Crippen LogP contribution in [0.5, 0.6) is 5.75 Å². The number of hydrogen-bond acceptors (Lipinski definition) is 4. The van der Waals surface area contributed by atoms with Crippen molar-refractivity contribution in [1.82, 2.24) is 4.98 Å². The highest BCUT2D eigenvalue weighted by Gasteiger charge is 2.12. The van der Waals surface area contributed by atoms with Crippen LogP contribution < -0.4 is 10.1 Å². The molecule has 0 aliphatic heterocycles. The van der Waals surface area contributed by atoms with Gasteiger partial charge in [0.1, 0.15) is 5.75 Å². The van der Waals surface area contributed by atoms with Gasteiger partial charge in [0.15, 0.2) is 5.76 Å². The molecule has 0 fully saturated rings. The number of hydrogen-bond donors (Lipinski definition) is 1. The summed E-state index contributed by atoms with van der Waals surface area (Å²) in [4.78, 5) is 16.9. The van der Waals surface area contributed by atoms with Crippen molar-refractivity contribution < 1.29 is 13.9 Å². The first-order valence-electron chi connectivity index (χ1n) is 8.55. The SMILES string of the molecule is COc1cc(-c2ccc(C)cc2)nc2ccc(NC(=O)c3ccco3)cc12. The summed E-state index contributed by atoms with van der Waals surface area (Å²) in [6.45, 7) is 2.05. The fraction of sp³-hybridized carbons (Fsp3) is 0.0909. The van der Waals surface area contributed by atoms with E-state index in [4.69, 9.17) is 14.1 Å². The second-order valence-electron chi connectivity index (χ2n) is 6.24. The summed E-state index contributed by atoms with van der Waals surface area (Å²) in [5, 5.41) is 3.65. The molecule has 0 spiro atoms. The van der Waals surface area contributed by atoms with Crippen molar-refractivity contribution in [3.8, 4) is 17.0 Å². The Morgan fingerprint density at radius 1 is 1.07 bits per heavy atom. The van der Waals surface area contributed by atoms with Gasteiger partial charge in [-0.1, -0.05) is 29.8 Å². The number of aryl methyl sites for hydroxylation is 1. The Kier molecular flexibility index (Phi) is 4.34. The van der Waals surface area contributed by atoms with E-state index in [1.807, 2.05) is 36.4 Å². The van der Waals surface area contributed by atoms with Crippen molar-refractivity contribution in [1.29, 1.82) is 0 Å². The van der Waals surface area contributed by atoms with Gasteiger partial charge in [-0.15, -0.1) is 0 Å². The predicted molar refractivity (Wildman–Crippen MR) is 105 cm³/mol. The van der Waals surface area contributed by atoms with Crippen LogP contribution in [-0.2, 0) is 0 Å². The third-order valence-electron chi connectivity index (χ3n) is 4.34. The number of aromatic nitrogens is 1. The fourth-order valence-electron chi connectivity index (χ4n) is 2.91. The summed E-state index contributed by atoms with van der Waals surface area (Å²) in [6, 6.07) is 18.9. The van der Waals surface area contributed by atoms with Gasteiger partial charge >= 0.3 is 0 Å². The molecule has 1 N–H and O–H groups in total. The normalized spacial score (nSPS) is 10.7. The number of fused-ring (bicyclic) bond motifs is 1. The van der Waals surface area contributed by atoms with Crippen LogP contribution in [-0.4, -0.2) is 18.0 Å². The van der Waals surface area contributed by atoms with E-state index < -0.39 is 0 Å². The Morgan fingerprint density at radius 2 is 1.89 bits per heavy atom. The molecule has 4 aromatic rings. The number of anilines is 1. The van der Waals surface area contributed by atoms with E-state index in [0.717, 1.165) is 22.2 Å². The Labute approximate surface area is 156 Å². The van der Waals surface area contributed by atoms with Gasteiger partial charge in [-0.25, -0.2) is 4.98 Å². The molecule has 0 radical (unpaired) electrons. The largest absolute Gasteiger partial charge is 0.496 e. The predicted octanol–water partition coefficient (Wildman–Crippen LogP) is 5.06. The highest BCUT2D eigenvalue weighted by Crippen LogP contribution is 2.32. The van der Waals surface area contributed by atoms with Crippen molar-refractivity contribution in [2.24, 2.45) is 0 Å². The molecule has 0 atom stereocenters. The molecule has 2 aromatic heterocycles. The lowest BCUT2D eigenvalue weighted by molar-refractivity contribution is 0.0996. The first-order chi connectivity index (χ1) is 13.1. The van der Waals surface area contributed by atoms with E-state index in [1.54, 1.807) is 19.2 Å². The molecule has 0 saturated heterocycles. The quantitative estimate of drug-likeness (QED) is 0.553. The molecule has 5 heteroatoms. The van der Waals surface area contributed by atoms with Crippen molar-refractivity contribution in [2.75, 3.05) is 12.4 Å². The number of carbonyl (C=O) groups excluding carboxylic acids is 1. The van der Waals surface area contributed by atoms with Gasteiger partial charge in [0.2, 0.25) is 0 Å². The number of nitrogens with zero attached hydrogens (tertiary/aromatic N) is 1. The maximum absolute atomic E-state index is 12.2. The maximum Gasteiger partial charge on any atom is 0.291 e. The summed E-state index contributed by atoms with van der Waals surface area (Å²) >= 11 is 0. The molecule has 0 aliphatic rings. The Hall–Kier alpha value is -3.60. The Bertz CT molecular complexity index is 1100. The second-order valence-corrected chi connectivity index (χ2v) is 6.24. The van der Waals surface area contributed by atoms with Crippen molar-refractivity contribution >= 4 is 22.5 Å². The monoisotopic (exact) mass is 358 g/mol. The summed E-state index contributed by atoms with van der Waals surface area (Å²) in [6.07, 6.45) is 1.47. The van der Waals surface area contributed by atoms with Gasteiger partial charge in [-0.3, -0.25) is 4.79 Å². The Morgan fingerprint density at radius 3 is 2.59 bits per heavy atom. The third kappa shape index (κ3) is 3.40. The van der Waals surface area contributed by atoms with E-state index in [-0.39, 0.29) is 11.7 Å². The molecule has 0 aliphatic carbocycles. The standard InChI is InChI=1S/C22H18N2O3/c1-14-5-7-15(8-6-14)19-13-21(26-2)17-12-16(9-10-18(17)24-19)23-22(25)20-4-3-11-27-20/h3-13H,1-2H3,(H,23,25). The van der Waals surface area contributed by atoms with Crippen LogP contribution in [0.3, 0.4) is 0 Å². The van der Waals surface area contributed by atoms with Crippen LogP contribution in [0.25, 0.3) is 22.2 Å². The number of nitrogens with one attached hydrogen (secondary N) is 1. The third-order valence-corrected chi connectivity index (χ3v) is 4.34. The molecule has 2 aromatic carbocycles. The molecule has 134 valence electrons. The molecule has 27 heavy (non-hydrogen) atoms. The van der Waals surface area contributed by atoms with E-state index >= 15 is 0 Å². The van der Waals surface area contributed by atoms with Crippen molar-refractivity contribution in [2.45, 2.75) is 6.92 Å². The van der Waals surface area contributed by atoms with Crippen LogP contribution in [0.4, 0.5) is 5.69 Å². The number of furan rings is 1.